The van der Waals surface area contributed by atoms with Gasteiger partial charge in [0.25, 0.3) is 0 Å². The first kappa shape index (κ1) is 13.5. The number of carboxylic acid groups (broad SMARTS) is 1. The molecule has 0 spiro atoms. The number of carboxylic acids is 1. The summed E-state index contributed by atoms with van der Waals surface area (Å²) in [6.07, 6.45) is 0. The molecule has 1 heterocycles. The summed E-state index contributed by atoms with van der Waals surface area (Å²) < 4.78 is 0. The van der Waals surface area contributed by atoms with Gasteiger partial charge in [-0.05, 0) is 29.8 Å². The van der Waals surface area contributed by atoms with Crippen LogP contribution in [0.1, 0.15) is 33.9 Å². The van der Waals surface area contributed by atoms with Crippen LogP contribution in [-0.2, 0) is 0 Å². The molecule has 2 rings (SSSR count). The Morgan fingerprint density at radius 3 is 2.21 bits per heavy atom. The summed E-state index contributed by atoms with van der Waals surface area (Å²) >= 11 is 1.44. The number of hydrogen-bond donors (Lipinski definition) is 1. The number of ketones is 1. The van der Waals surface area contributed by atoms with Crippen LogP contribution >= 0.6 is 11.3 Å². The first-order chi connectivity index (χ1) is 8.99. The van der Waals surface area contributed by atoms with Gasteiger partial charge in [-0.1, -0.05) is 26.0 Å². The molecule has 1 N–H and O–H groups in total. The molecule has 0 fully saturated rings. The maximum atomic E-state index is 11.9. The molecule has 0 radical (unpaired) electrons. The van der Waals surface area contributed by atoms with Crippen LogP contribution < -0.4 is 0 Å². The van der Waals surface area contributed by atoms with Crippen LogP contribution in [0.3, 0.4) is 0 Å². The zero-order chi connectivity index (χ0) is 14.0. The lowest BCUT2D eigenvalue weighted by molar-refractivity contribution is 0.0696. The van der Waals surface area contributed by atoms with E-state index < -0.39 is 5.97 Å². The molecule has 0 bridgehead atoms. The molecule has 0 unspecified atom stereocenters. The predicted molar refractivity (Wildman–Crippen MR) is 75.9 cm³/mol. The third-order valence-electron chi connectivity index (χ3n) is 2.79. The van der Waals surface area contributed by atoms with Crippen molar-refractivity contribution in [2.24, 2.45) is 5.92 Å². The maximum absolute atomic E-state index is 11.9. The van der Waals surface area contributed by atoms with Crippen molar-refractivity contribution in [2.45, 2.75) is 13.8 Å². The fourth-order valence-corrected chi connectivity index (χ4v) is 2.79. The van der Waals surface area contributed by atoms with Gasteiger partial charge in [-0.25, -0.2) is 4.79 Å². The minimum atomic E-state index is -0.937. The van der Waals surface area contributed by atoms with E-state index in [0.717, 1.165) is 15.3 Å². The van der Waals surface area contributed by atoms with Crippen molar-refractivity contribution in [3.05, 3.63) is 46.8 Å². The van der Waals surface area contributed by atoms with Crippen molar-refractivity contribution in [1.29, 1.82) is 0 Å². The molecule has 0 aliphatic heterocycles. The number of carbonyl (C=O) groups is 2. The van der Waals surface area contributed by atoms with Gasteiger partial charge < -0.3 is 5.11 Å². The van der Waals surface area contributed by atoms with Crippen LogP contribution in [0.5, 0.6) is 0 Å². The number of Topliss-reactive ketones (excluding diaryl/α,β-unsaturated/α-hetero) is 1. The molecule has 0 amide bonds. The Kier molecular flexibility index (Phi) is 3.81. The van der Waals surface area contributed by atoms with E-state index in [1.165, 1.54) is 11.3 Å². The fraction of sp³-hybridized carbons (Fsp3) is 0.200. The Balaban J connectivity index is 2.28. The highest BCUT2D eigenvalue weighted by atomic mass is 32.1. The Hall–Kier alpha value is -1.94. The summed E-state index contributed by atoms with van der Waals surface area (Å²) in [6, 6.07) is 10.4. The van der Waals surface area contributed by atoms with E-state index in [9.17, 15) is 9.59 Å². The van der Waals surface area contributed by atoms with E-state index in [2.05, 4.69) is 0 Å². The molecule has 0 saturated carbocycles. The van der Waals surface area contributed by atoms with Gasteiger partial charge in [0.05, 0.1) is 10.4 Å². The molecule has 1 aromatic carbocycles. The van der Waals surface area contributed by atoms with Gasteiger partial charge in [-0.3, -0.25) is 4.79 Å². The van der Waals surface area contributed by atoms with Crippen LogP contribution in [0.25, 0.3) is 10.4 Å². The monoisotopic (exact) mass is 274 g/mol. The van der Waals surface area contributed by atoms with Gasteiger partial charge in [0.15, 0.2) is 5.78 Å². The number of benzene rings is 1. The van der Waals surface area contributed by atoms with E-state index in [4.69, 9.17) is 5.11 Å². The molecular weight excluding hydrogens is 260 g/mol. The van der Waals surface area contributed by atoms with Crippen LogP contribution in [0.2, 0.25) is 0 Å². The van der Waals surface area contributed by atoms with Crippen molar-refractivity contribution in [3.63, 3.8) is 0 Å². The molecule has 0 aliphatic carbocycles. The summed E-state index contributed by atoms with van der Waals surface area (Å²) in [7, 11) is 0. The number of aromatic carboxylic acids is 1. The minimum absolute atomic E-state index is 0.0131. The predicted octanol–water partition coefficient (Wildman–Crippen LogP) is 3.95. The first-order valence-electron chi connectivity index (χ1n) is 5.97. The van der Waals surface area contributed by atoms with E-state index in [1.807, 2.05) is 26.0 Å². The maximum Gasteiger partial charge on any atom is 0.335 e. The van der Waals surface area contributed by atoms with Gasteiger partial charge in [-0.15, -0.1) is 11.3 Å². The van der Waals surface area contributed by atoms with Gasteiger partial charge in [0.2, 0.25) is 0 Å². The summed E-state index contributed by atoms with van der Waals surface area (Å²) in [5, 5.41) is 8.84. The Morgan fingerprint density at radius 2 is 1.68 bits per heavy atom. The van der Waals surface area contributed by atoms with Gasteiger partial charge >= 0.3 is 5.97 Å². The zero-order valence-electron chi connectivity index (χ0n) is 10.7. The third kappa shape index (κ3) is 2.90. The molecule has 0 atom stereocenters. The van der Waals surface area contributed by atoms with E-state index in [0.29, 0.717) is 0 Å². The van der Waals surface area contributed by atoms with Crippen molar-refractivity contribution >= 4 is 23.1 Å². The molecule has 0 aliphatic rings. The highest BCUT2D eigenvalue weighted by Gasteiger charge is 2.13. The number of rotatable bonds is 4. The van der Waals surface area contributed by atoms with E-state index >= 15 is 0 Å². The van der Waals surface area contributed by atoms with Crippen LogP contribution in [0.4, 0.5) is 0 Å². The van der Waals surface area contributed by atoms with Gasteiger partial charge in [0, 0.05) is 10.8 Å². The smallest absolute Gasteiger partial charge is 0.335 e. The molecule has 19 heavy (non-hydrogen) atoms. The second-order valence-electron chi connectivity index (χ2n) is 4.57. The zero-order valence-corrected chi connectivity index (χ0v) is 11.5. The van der Waals surface area contributed by atoms with E-state index in [-0.39, 0.29) is 17.3 Å². The van der Waals surface area contributed by atoms with Crippen molar-refractivity contribution in [2.75, 3.05) is 0 Å². The number of thiophene rings is 1. The van der Waals surface area contributed by atoms with Crippen molar-refractivity contribution in [1.82, 2.24) is 0 Å². The highest BCUT2D eigenvalue weighted by Crippen LogP contribution is 2.29. The lowest BCUT2D eigenvalue weighted by atomic mass is 10.1. The van der Waals surface area contributed by atoms with Gasteiger partial charge in [-0.2, -0.15) is 0 Å². The Morgan fingerprint density at radius 1 is 1.05 bits per heavy atom. The molecule has 2 aromatic rings. The molecular formula is C15H14O3S. The average molecular weight is 274 g/mol. The normalized spacial score (nSPS) is 10.7. The minimum Gasteiger partial charge on any atom is -0.478 e. The van der Waals surface area contributed by atoms with Crippen LogP contribution in [0, 0.1) is 5.92 Å². The Bertz CT molecular complexity index is 609. The molecule has 1 aromatic heterocycles. The van der Waals surface area contributed by atoms with Gasteiger partial charge in [0.1, 0.15) is 0 Å². The number of hydrogen-bond acceptors (Lipinski definition) is 3. The van der Waals surface area contributed by atoms with Crippen molar-refractivity contribution < 1.29 is 14.7 Å². The Labute approximate surface area is 115 Å². The largest absolute Gasteiger partial charge is 0.478 e. The topological polar surface area (TPSA) is 54.4 Å². The third-order valence-corrected chi connectivity index (χ3v) is 3.94. The van der Waals surface area contributed by atoms with Crippen LogP contribution in [-0.4, -0.2) is 16.9 Å². The molecule has 98 valence electrons. The summed E-state index contributed by atoms with van der Waals surface area (Å²) in [6.45, 7) is 3.76. The second-order valence-corrected chi connectivity index (χ2v) is 5.65. The first-order valence-corrected chi connectivity index (χ1v) is 6.78. The quantitative estimate of drug-likeness (QED) is 0.859. The lowest BCUT2D eigenvalue weighted by Crippen LogP contribution is -2.04. The highest BCUT2D eigenvalue weighted by molar-refractivity contribution is 7.17. The average Bonchev–Trinajstić information content (AvgIpc) is 2.87. The molecule has 0 saturated heterocycles. The lowest BCUT2D eigenvalue weighted by Gasteiger charge is -2.00. The molecule has 4 heteroatoms. The summed E-state index contributed by atoms with van der Waals surface area (Å²) in [4.78, 5) is 24.4. The standard InChI is InChI=1S/C15H14O3S/c1-9(2)14(16)13-8-7-12(19-13)10-3-5-11(6-4-10)15(17)18/h3-9H,1-2H3,(H,17,18). The van der Waals surface area contributed by atoms with Crippen LogP contribution in [0.15, 0.2) is 36.4 Å². The number of carbonyl (C=O) groups excluding carboxylic acids is 1. The summed E-state index contributed by atoms with van der Waals surface area (Å²) in [5.74, 6) is -0.812. The van der Waals surface area contributed by atoms with Crippen molar-refractivity contribution in [3.8, 4) is 10.4 Å². The second kappa shape index (κ2) is 5.36. The van der Waals surface area contributed by atoms with E-state index in [1.54, 1.807) is 24.3 Å². The summed E-state index contributed by atoms with van der Waals surface area (Å²) in [5.41, 5.74) is 1.19. The fourth-order valence-electron chi connectivity index (χ4n) is 1.69. The molecule has 3 nitrogen and oxygen atoms in total. The SMILES string of the molecule is CC(C)C(=O)c1ccc(-c2ccc(C(=O)O)cc2)s1.